The lowest BCUT2D eigenvalue weighted by Crippen LogP contribution is -2.35. The van der Waals surface area contributed by atoms with Crippen LogP contribution >= 0.6 is 0 Å². The molecule has 1 saturated heterocycles. The van der Waals surface area contributed by atoms with Gasteiger partial charge in [-0.05, 0) is 62.2 Å². The SMILES string of the molecule is CCOC(=O)c1ccc(N2C(=O)C[C@H](Nc3cc(C)ccc3C)C2=O)cc1. The van der Waals surface area contributed by atoms with E-state index in [4.69, 9.17) is 4.74 Å². The Morgan fingerprint density at radius 3 is 2.52 bits per heavy atom. The van der Waals surface area contributed by atoms with Crippen LogP contribution in [-0.2, 0) is 14.3 Å². The lowest BCUT2D eigenvalue weighted by molar-refractivity contribution is -0.121. The molecule has 0 unspecified atom stereocenters. The second-order valence-corrected chi connectivity index (χ2v) is 6.55. The van der Waals surface area contributed by atoms with Gasteiger partial charge in [0.1, 0.15) is 6.04 Å². The largest absolute Gasteiger partial charge is 0.462 e. The van der Waals surface area contributed by atoms with Crippen molar-refractivity contribution < 1.29 is 19.1 Å². The first kappa shape index (κ1) is 18.6. The maximum Gasteiger partial charge on any atom is 0.338 e. The van der Waals surface area contributed by atoms with Crippen molar-refractivity contribution in [2.45, 2.75) is 33.2 Å². The molecule has 2 aromatic rings. The van der Waals surface area contributed by atoms with E-state index in [1.165, 1.54) is 0 Å². The molecular weight excluding hydrogens is 344 g/mol. The first-order chi connectivity index (χ1) is 12.9. The molecule has 6 heteroatoms. The third-order valence-electron chi connectivity index (χ3n) is 4.51. The zero-order valence-electron chi connectivity index (χ0n) is 15.6. The number of nitrogens with zero attached hydrogens (tertiary/aromatic N) is 1. The number of aryl methyl sites for hydroxylation is 2. The number of anilines is 2. The molecule has 2 aromatic carbocycles. The van der Waals surface area contributed by atoms with Crippen LogP contribution in [0.4, 0.5) is 11.4 Å². The third-order valence-corrected chi connectivity index (χ3v) is 4.51. The standard InChI is InChI=1S/C21H22N2O4/c1-4-27-21(26)15-7-9-16(10-8-15)23-19(24)12-18(20(23)25)22-17-11-13(2)5-6-14(17)3/h5-11,18,22H,4,12H2,1-3H3/t18-/m0/s1. The summed E-state index contributed by atoms with van der Waals surface area (Å²) in [6.07, 6.45) is 0.0891. The van der Waals surface area contributed by atoms with Gasteiger partial charge in [0, 0.05) is 5.69 Å². The van der Waals surface area contributed by atoms with Gasteiger partial charge in [0.25, 0.3) is 5.91 Å². The van der Waals surface area contributed by atoms with E-state index in [2.05, 4.69) is 5.32 Å². The van der Waals surface area contributed by atoms with Crippen molar-refractivity contribution in [3.05, 3.63) is 59.2 Å². The quantitative estimate of drug-likeness (QED) is 0.649. The molecule has 1 aliphatic rings. The highest BCUT2D eigenvalue weighted by Crippen LogP contribution is 2.27. The Hall–Kier alpha value is -3.15. The Balaban J connectivity index is 1.78. The molecule has 0 radical (unpaired) electrons. The predicted octanol–water partition coefficient (Wildman–Crippen LogP) is 3.22. The zero-order valence-corrected chi connectivity index (χ0v) is 15.6. The van der Waals surface area contributed by atoms with Crippen LogP contribution in [0.3, 0.4) is 0 Å². The fraction of sp³-hybridized carbons (Fsp3) is 0.286. The van der Waals surface area contributed by atoms with E-state index in [0.29, 0.717) is 11.3 Å². The normalized spacial score (nSPS) is 16.6. The molecule has 3 rings (SSSR count). The highest BCUT2D eigenvalue weighted by molar-refractivity contribution is 6.23. The Kier molecular flexibility index (Phi) is 5.26. The fourth-order valence-electron chi connectivity index (χ4n) is 3.06. The van der Waals surface area contributed by atoms with Crippen molar-refractivity contribution in [3.63, 3.8) is 0 Å². The average Bonchev–Trinajstić information content (AvgIpc) is 2.92. The minimum atomic E-state index is -0.609. The maximum absolute atomic E-state index is 12.8. The second kappa shape index (κ2) is 7.61. The van der Waals surface area contributed by atoms with Crippen LogP contribution in [0.15, 0.2) is 42.5 Å². The minimum Gasteiger partial charge on any atom is -0.462 e. The highest BCUT2D eigenvalue weighted by atomic mass is 16.5. The third kappa shape index (κ3) is 3.84. The first-order valence-corrected chi connectivity index (χ1v) is 8.88. The Morgan fingerprint density at radius 1 is 1.15 bits per heavy atom. The summed E-state index contributed by atoms with van der Waals surface area (Å²) in [6.45, 7) is 5.95. The van der Waals surface area contributed by atoms with Gasteiger partial charge in [-0.3, -0.25) is 9.59 Å². The monoisotopic (exact) mass is 366 g/mol. The second-order valence-electron chi connectivity index (χ2n) is 6.55. The summed E-state index contributed by atoms with van der Waals surface area (Å²) < 4.78 is 4.94. The number of hydrogen-bond donors (Lipinski definition) is 1. The van der Waals surface area contributed by atoms with Gasteiger partial charge in [-0.15, -0.1) is 0 Å². The van der Waals surface area contributed by atoms with Crippen molar-refractivity contribution in [2.75, 3.05) is 16.8 Å². The maximum atomic E-state index is 12.8. The molecule has 0 aromatic heterocycles. The number of ether oxygens (including phenoxy) is 1. The van der Waals surface area contributed by atoms with Crippen molar-refractivity contribution in [3.8, 4) is 0 Å². The molecular formula is C21H22N2O4. The number of nitrogens with one attached hydrogen (secondary N) is 1. The van der Waals surface area contributed by atoms with E-state index in [9.17, 15) is 14.4 Å². The lowest BCUT2D eigenvalue weighted by Gasteiger charge is -2.17. The first-order valence-electron chi connectivity index (χ1n) is 8.88. The minimum absolute atomic E-state index is 0.0891. The highest BCUT2D eigenvalue weighted by Gasteiger charge is 2.39. The smallest absolute Gasteiger partial charge is 0.338 e. The molecule has 0 spiro atoms. The van der Waals surface area contributed by atoms with E-state index in [0.717, 1.165) is 21.7 Å². The summed E-state index contributed by atoms with van der Waals surface area (Å²) in [5, 5.41) is 3.19. The van der Waals surface area contributed by atoms with E-state index < -0.39 is 12.0 Å². The van der Waals surface area contributed by atoms with Crippen molar-refractivity contribution in [1.29, 1.82) is 0 Å². The lowest BCUT2D eigenvalue weighted by atomic mass is 10.1. The topological polar surface area (TPSA) is 75.7 Å². The number of esters is 1. The summed E-state index contributed by atoms with van der Waals surface area (Å²) in [6, 6.07) is 11.6. The average molecular weight is 366 g/mol. The van der Waals surface area contributed by atoms with Gasteiger partial charge >= 0.3 is 5.97 Å². The van der Waals surface area contributed by atoms with Crippen molar-refractivity contribution >= 4 is 29.2 Å². The van der Waals surface area contributed by atoms with Crippen LogP contribution in [0, 0.1) is 13.8 Å². The van der Waals surface area contributed by atoms with Gasteiger partial charge in [0.15, 0.2) is 0 Å². The van der Waals surface area contributed by atoms with Crippen molar-refractivity contribution in [2.24, 2.45) is 0 Å². The van der Waals surface area contributed by atoms with Crippen LogP contribution < -0.4 is 10.2 Å². The van der Waals surface area contributed by atoms with Gasteiger partial charge < -0.3 is 10.1 Å². The molecule has 1 fully saturated rings. The fourth-order valence-corrected chi connectivity index (χ4v) is 3.06. The molecule has 1 atom stereocenters. The number of benzene rings is 2. The van der Waals surface area contributed by atoms with E-state index in [-0.39, 0.29) is 24.8 Å². The Labute approximate surface area is 158 Å². The Bertz CT molecular complexity index is 890. The molecule has 0 bridgehead atoms. The van der Waals surface area contributed by atoms with Crippen LogP contribution in [0.1, 0.15) is 34.8 Å². The van der Waals surface area contributed by atoms with Gasteiger partial charge in [-0.1, -0.05) is 12.1 Å². The molecule has 1 N–H and O–H groups in total. The van der Waals surface area contributed by atoms with Gasteiger partial charge in [0.05, 0.1) is 24.3 Å². The van der Waals surface area contributed by atoms with Crippen LogP contribution in [-0.4, -0.2) is 30.4 Å². The molecule has 6 nitrogen and oxygen atoms in total. The summed E-state index contributed by atoms with van der Waals surface area (Å²) in [5.74, 6) is -1.01. The van der Waals surface area contributed by atoms with E-state index >= 15 is 0 Å². The molecule has 2 amide bonds. The van der Waals surface area contributed by atoms with Crippen LogP contribution in [0.2, 0.25) is 0 Å². The predicted molar refractivity (Wildman–Crippen MR) is 103 cm³/mol. The summed E-state index contributed by atoms with van der Waals surface area (Å²) >= 11 is 0. The van der Waals surface area contributed by atoms with Crippen LogP contribution in [0.5, 0.6) is 0 Å². The zero-order chi connectivity index (χ0) is 19.6. The van der Waals surface area contributed by atoms with Gasteiger partial charge in [0.2, 0.25) is 5.91 Å². The number of rotatable bonds is 5. The summed E-state index contributed by atoms with van der Waals surface area (Å²) in [4.78, 5) is 38.1. The molecule has 0 saturated carbocycles. The number of hydrogen-bond acceptors (Lipinski definition) is 5. The molecule has 140 valence electrons. The molecule has 1 heterocycles. The van der Waals surface area contributed by atoms with Gasteiger partial charge in [-0.2, -0.15) is 0 Å². The number of amides is 2. The Morgan fingerprint density at radius 2 is 1.85 bits per heavy atom. The molecule has 0 aliphatic carbocycles. The number of carbonyl (C=O) groups excluding carboxylic acids is 3. The van der Waals surface area contributed by atoms with E-state index in [1.54, 1.807) is 31.2 Å². The van der Waals surface area contributed by atoms with Crippen LogP contribution in [0.25, 0.3) is 0 Å². The van der Waals surface area contributed by atoms with Crippen molar-refractivity contribution in [1.82, 2.24) is 0 Å². The number of imide groups is 1. The molecule has 27 heavy (non-hydrogen) atoms. The van der Waals surface area contributed by atoms with Gasteiger partial charge in [-0.25, -0.2) is 9.69 Å². The summed E-state index contributed by atoms with van der Waals surface area (Å²) in [5.41, 5.74) is 3.76. The number of carbonyl (C=O) groups is 3. The summed E-state index contributed by atoms with van der Waals surface area (Å²) in [7, 11) is 0. The van der Waals surface area contributed by atoms with E-state index in [1.807, 2.05) is 32.0 Å². The molecule has 1 aliphatic heterocycles.